The van der Waals surface area contributed by atoms with Gasteiger partial charge in [-0.05, 0) is 5.56 Å². The number of carbonyl (C=O) groups excluding carboxylic acids is 1. The van der Waals surface area contributed by atoms with Crippen LogP contribution in [0.5, 0.6) is 0 Å². The number of aromatic nitrogens is 2. The Morgan fingerprint density at radius 1 is 1.23 bits per heavy atom. The number of hydrogen-bond donors (Lipinski definition) is 0. The zero-order chi connectivity index (χ0) is 17.8. The number of carbonyl (C=O) groups is 1. The van der Waals surface area contributed by atoms with E-state index >= 15 is 0 Å². The normalized spacial score (nSPS) is 26.8. The third-order valence-electron chi connectivity index (χ3n) is 5.71. The van der Waals surface area contributed by atoms with Crippen molar-refractivity contribution in [2.45, 2.75) is 31.0 Å². The fraction of sp³-hybridized carbons (Fsp3) is 0.421. The highest BCUT2D eigenvalue weighted by Gasteiger charge is 2.50. The van der Waals surface area contributed by atoms with Gasteiger partial charge in [0.25, 0.3) is 0 Å². The van der Waals surface area contributed by atoms with Gasteiger partial charge in [0, 0.05) is 39.0 Å². The van der Waals surface area contributed by atoms with Gasteiger partial charge in [0.2, 0.25) is 0 Å². The molecule has 2 bridgehead atoms. The predicted molar refractivity (Wildman–Crippen MR) is 95.6 cm³/mol. The minimum Gasteiger partial charge on any atom is -0.392 e. The Hall–Kier alpha value is -2.83. The summed E-state index contributed by atoms with van der Waals surface area (Å²) in [7, 11) is 3.79. The van der Waals surface area contributed by atoms with Crippen molar-refractivity contribution in [1.29, 1.82) is 0 Å². The van der Waals surface area contributed by atoms with Gasteiger partial charge >= 0.3 is 6.03 Å². The third kappa shape index (κ3) is 2.16. The SMILES string of the molecule is CN1C(=O)N2C[C@H]1c1cnn(C)c1[C@H]2C1=NOC(Cc2ccccc2)C1. The molecule has 1 aromatic heterocycles. The Balaban J connectivity index is 1.43. The predicted octanol–water partition coefficient (Wildman–Crippen LogP) is 2.27. The van der Waals surface area contributed by atoms with E-state index in [1.165, 1.54) is 5.56 Å². The van der Waals surface area contributed by atoms with Crippen LogP contribution >= 0.6 is 0 Å². The number of rotatable bonds is 3. The summed E-state index contributed by atoms with van der Waals surface area (Å²) in [6.45, 7) is 0.682. The first-order valence-electron chi connectivity index (χ1n) is 8.95. The Bertz CT molecular complexity index is 891. The summed E-state index contributed by atoms with van der Waals surface area (Å²) in [6, 6.07) is 10.2. The average molecular weight is 351 g/mol. The molecule has 2 amide bonds. The maximum absolute atomic E-state index is 12.7. The number of oxime groups is 1. The molecule has 7 heteroatoms. The van der Waals surface area contributed by atoms with E-state index < -0.39 is 0 Å². The zero-order valence-corrected chi connectivity index (χ0v) is 14.9. The Morgan fingerprint density at radius 3 is 2.85 bits per heavy atom. The van der Waals surface area contributed by atoms with Crippen molar-refractivity contribution in [3.05, 3.63) is 53.3 Å². The standard InChI is InChI=1S/C19H21N5O2/c1-22-16-11-24(19(22)25)18(17-14(16)10-20-23(17)2)15-9-13(26-21-15)8-12-6-4-3-5-7-12/h3-7,10,13,16,18H,8-9,11H2,1-2H3/t13?,16-,18+/m0/s1. The molecule has 0 radical (unpaired) electrons. The molecule has 1 saturated heterocycles. The van der Waals surface area contributed by atoms with Crippen LogP contribution in [-0.4, -0.2) is 51.0 Å². The Labute approximate surface area is 151 Å². The lowest BCUT2D eigenvalue weighted by atomic mass is 9.91. The second-order valence-electron chi connectivity index (χ2n) is 7.28. The van der Waals surface area contributed by atoms with Gasteiger partial charge in [0.1, 0.15) is 12.1 Å². The summed E-state index contributed by atoms with van der Waals surface area (Å²) < 4.78 is 1.87. The molecular weight excluding hydrogens is 330 g/mol. The molecule has 4 heterocycles. The molecule has 1 unspecified atom stereocenters. The number of likely N-dealkylation sites (N-methyl/N-ethyl adjacent to an activating group) is 1. The highest BCUT2D eigenvalue weighted by atomic mass is 16.6. The van der Waals surface area contributed by atoms with E-state index in [4.69, 9.17) is 4.84 Å². The molecule has 3 aliphatic rings. The van der Waals surface area contributed by atoms with Gasteiger partial charge in [0.05, 0.1) is 23.6 Å². The lowest BCUT2D eigenvalue weighted by Gasteiger charge is -2.31. The molecule has 0 spiro atoms. The molecular formula is C19H21N5O2. The van der Waals surface area contributed by atoms with Crippen molar-refractivity contribution in [3.63, 3.8) is 0 Å². The van der Waals surface area contributed by atoms with Gasteiger partial charge in [-0.3, -0.25) is 4.68 Å². The van der Waals surface area contributed by atoms with Crippen LogP contribution in [0.15, 0.2) is 41.7 Å². The van der Waals surface area contributed by atoms with Gasteiger partial charge in [0.15, 0.2) is 0 Å². The van der Waals surface area contributed by atoms with Crippen molar-refractivity contribution in [3.8, 4) is 0 Å². The lowest BCUT2D eigenvalue weighted by Crippen LogP contribution is -2.39. The van der Waals surface area contributed by atoms with E-state index in [1.54, 1.807) is 4.90 Å². The molecule has 134 valence electrons. The van der Waals surface area contributed by atoms with Crippen LogP contribution in [0.4, 0.5) is 4.79 Å². The summed E-state index contributed by atoms with van der Waals surface area (Å²) in [5.41, 5.74) is 4.33. The Kier molecular flexibility index (Phi) is 3.32. The van der Waals surface area contributed by atoms with E-state index in [1.807, 2.05) is 48.1 Å². The van der Waals surface area contributed by atoms with Gasteiger partial charge < -0.3 is 14.6 Å². The number of nitrogens with zero attached hydrogens (tertiary/aromatic N) is 5. The number of aryl methyl sites for hydroxylation is 1. The van der Waals surface area contributed by atoms with Crippen molar-refractivity contribution in [2.75, 3.05) is 13.6 Å². The largest absolute Gasteiger partial charge is 0.392 e. The molecule has 26 heavy (non-hydrogen) atoms. The first-order valence-corrected chi connectivity index (χ1v) is 8.95. The number of benzene rings is 1. The van der Waals surface area contributed by atoms with Crippen molar-refractivity contribution >= 4 is 11.7 Å². The van der Waals surface area contributed by atoms with Crippen LogP contribution in [0.25, 0.3) is 0 Å². The maximum atomic E-state index is 12.7. The minimum atomic E-state index is -0.188. The van der Waals surface area contributed by atoms with Crippen LogP contribution in [0.2, 0.25) is 0 Å². The molecule has 0 aliphatic carbocycles. The van der Waals surface area contributed by atoms with E-state index in [0.717, 1.165) is 29.8 Å². The maximum Gasteiger partial charge on any atom is 0.321 e. The van der Waals surface area contributed by atoms with Gasteiger partial charge in [-0.15, -0.1) is 0 Å². The fourth-order valence-corrected chi connectivity index (χ4v) is 4.38. The summed E-state index contributed by atoms with van der Waals surface area (Å²) >= 11 is 0. The molecule has 5 rings (SSSR count). The highest BCUT2D eigenvalue weighted by Crippen LogP contribution is 2.44. The summed E-state index contributed by atoms with van der Waals surface area (Å²) in [5.74, 6) is 0. The minimum absolute atomic E-state index is 0.0113. The van der Waals surface area contributed by atoms with Crippen molar-refractivity contribution in [1.82, 2.24) is 19.6 Å². The number of fused-ring (bicyclic) bond motifs is 4. The van der Waals surface area contributed by atoms with Crippen LogP contribution in [0, 0.1) is 0 Å². The molecule has 7 nitrogen and oxygen atoms in total. The van der Waals surface area contributed by atoms with E-state index in [9.17, 15) is 4.79 Å². The smallest absolute Gasteiger partial charge is 0.321 e. The van der Waals surface area contributed by atoms with Crippen LogP contribution in [-0.2, 0) is 18.3 Å². The zero-order valence-electron chi connectivity index (χ0n) is 14.9. The quantitative estimate of drug-likeness (QED) is 0.852. The number of urea groups is 1. The van der Waals surface area contributed by atoms with Crippen LogP contribution in [0.3, 0.4) is 0 Å². The van der Waals surface area contributed by atoms with Crippen molar-refractivity contribution in [2.24, 2.45) is 12.2 Å². The topological polar surface area (TPSA) is 63.0 Å². The molecule has 1 aromatic carbocycles. The third-order valence-corrected chi connectivity index (χ3v) is 5.71. The molecule has 1 fully saturated rings. The molecule has 0 saturated carbocycles. The second kappa shape index (κ2) is 5.59. The second-order valence-corrected chi connectivity index (χ2v) is 7.28. The lowest BCUT2D eigenvalue weighted by molar-refractivity contribution is 0.0858. The van der Waals surface area contributed by atoms with Crippen LogP contribution in [0.1, 0.15) is 35.3 Å². The summed E-state index contributed by atoms with van der Waals surface area (Å²) in [5, 5.41) is 8.84. The van der Waals surface area contributed by atoms with Crippen molar-refractivity contribution < 1.29 is 9.63 Å². The first-order chi connectivity index (χ1) is 12.6. The van der Waals surface area contributed by atoms with E-state index in [2.05, 4.69) is 22.4 Å². The molecule has 2 aromatic rings. The van der Waals surface area contributed by atoms with E-state index in [0.29, 0.717) is 6.54 Å². The monoisotopic (exact) mass is 351 g/mol. The molecule has 3 aliphatic heterocycles. The number of amides is 2. The summed E-state index contributed by atoms with van der Waals surface area (Å²) in [6.07, 6.45) is 3.44. The Morgan fingerprint density at radius 2 is 2.04 bits per heavy atom. The molecule has 3 atom stereocenters. The average Bonchev–Trinajstić information content (AvgIpc) is 3.33. The fourth-order valence-electron chi connectivity index (χ4n) is 4.38. The van der Waals surface area contributed by atoms with Gasteiger partial charge in [-0.2, -0.15) is 5.10 Å². The van der Waals surface area contributed by atoms with Gasteiger partial charge in [-0.1, -0.05) is 35.5 Å². The summed E-state index contributed by atoms with van der Waals surface area (Å²) in [4.78, 5) is 22.2. The number of hydrogen-bond acceptors (Lipinski definition) is 4. The molecule has 0 N–H and O–H groups in total. The van der Waals surface area contributed by atoms with E-state index in [-0.39, 0.29) is 24.2 Å². The van der Waals surface area contributed by atoms with Crippen LogP contribution < -0.4 is 0 Å². The first kappa shape index (κ1) is 15.4. The highest BCUT2D eigenvalue weighted by molar-refractivity contribution is 5.96. The van der Waals surface area contributed by atoms with Gasteiger partial charge in [-0.25, -0.2) is 4.79 Å².